The topological polar surface area (TPSA) is 58.2 Å². The van der Waals surface area contributed by atoms with E-state index in [4.69, 9.17) is 0 Å². The van der Waals surface area contributed by atoms with Gasteiger partial charge in [-0.25, -0.2) is 0 Å². The molecule has 4 nitrogen and oxygen atoms in total. The Morgan fingerprint density at radius 1 is 0.750 bits per heavy atom. The fraction of sp³-hybridized carbons (Fsp3) is 0.667. The summed E-state index contributed by atoms with van der Waals surface area (Å²) < 4.78 is 0. The van der Waals surface area contributed by atoms with E-state index in [0.717, 1.165) is 18.4 Å². The van der Waals surface area contributed by atoms with Crippen LogP contribution in [0, 0.1) is 0 Å². The number of amides is 2. The summed E-state index contributed by atoms with van der Waals surface area (Å²) in [6.07, 6.45) is 12.6. The van der Waals surface area contributed by atoms with Gasteiger partial charge in [-0.2, -0.15) is 0 Å². The van der Waals surface area contributed by atoms with Crippen molar-refractivity contribution in [2.45, 2.75) is 97.4 Å². The van der Waals surface area contributed by atoms with Crippen LogP contribution in [0.25, 0.3) is 0 Å². The summed E-state index contributed by atoms with van der Waals surface area (Å²) in [6, 6.07) is 8.13. The molecule has 0 saturated heterocycles. The zero-order valence-corrected chi connectivity index (χ0v) is 18.2. The molecule has 0 spiro atoms. The van der Waals surface area contributed by atoms with E-state index in [2.05, 4.69) is 43.5 Å². The van der Waals surface area contributed by atoms with Gasteiger partial charge in [0.25, 0.3) is 0 Å². The third-order valence-electron chi connectivity index (χ3n) is 5.12. The normalized spacial score (nSPS) is 10.9. The Morgan fingerprint density at radius 3 is 1.79 bits per heavy atom. The summed E-state index contributed by atoms with van der Waals surface area (Å²) in [4.78, 5) is 23.7. The van der Waals surface area contributed by atoms with Gasteiger partial charge >= 0.3 is 11.8 Å². The first-order valence-electron chi connectivity index (χ1n) is 11.2. The summed E-state index contributed by atoms with van der Waals surface area (Å²) in [5, 5.41) is 5.40. The Bertz CT molecular complexity index is 552. The first kappa shape index (κ1) is 24.2. The van der Waals surface area contributed by atoms with E-state index in [1.165, 1.54) is 56.9 Å². The second kappa shape index (κ2) is 15.1. The highest BCUT2D eigenvalue weighted by molar-refractivity contribution is 6.35. The van der Waals surface area contributed by atoms with E-state index < -0.39 is 11.8 Å². The van der Waals surface area contributed by atoms with Crippen molar-refractivity contribution in [1.82, 2.24) is 10.6 Å². The van der Waals surface area contributed by atoms with Gasteiger partial charge in [-0.15, -0.1) is 0 Å². The first-order valence-corrected chi connectivity index (χ1v) is 11.2. The third-order valence-corrected chi connectivity index (χ3v) is 5.12. The highest BCUT2D eigenvalue weighted by Gasteiger charge is 2.12. The smallest absolute Gasteiger partial charge is 0.309 e. The molecule has 0 atom stereocenters. The van der Waals surface area contributed by atoms with Crippen LogP contribution in [-0.4, -0.2) is 18.4 Å². The summed E-state index contributed by atoms with van der Waals surface area (Å²) in [5.41, 5.74) is 2.27. The minimum absolute atomic E-state index is 0.378. The Balaban J connectivity index is 2.03. The number of carbonyl (C=O) groups excluding carboxylic acids is 2. The lowest BCUT2D eigenvalue weighted by Crippen LogP contribution is -2.39. The van der Waals surface area contributed by atoms with E-state index in [0.29, 0.717) is 19.0 Å². The van der Waals surface area contributed by atoms with Crippen molar-refractivity contribution >= 4 is 11.8 Å². The number of benzene rings is 1. The molecule has 0 unspecified atom stereocenters. The molecule has 0 saturated carbocycles. The van der Waals surface area contributed by atoms with Gasteiger partial charge in [0.2, 0.25) is 0 Å². The van der Waals surface area contributed by atoms with Gasteiger partial charge in [-0.1, -0.05) is 103 Å². The number of nitrogens with one attached hydrogen (secondary N) is 2. The van der Waals surface area contributed by atoms with Gasteiger partial charge in [-0.05, 0) is 23.5 Å². The van der Waals surface area contributed by atoms with Crippen LogP contribution in [0.1, 0.15) is 102 Å². The van der Waals surface area contributed by atoms with Gasteiger partial charge in [0.05, 0.1) is 0 Å². The van der Waals surface area contributed by atoms with Crippen molar-refractivity contribution in [2.24, 2.45) is 0 Å². The molecule has 28 heavy (non-hydrogen) atoms. The fourth-order valence-corrected chi connectivity index (χ4v) is 3.18. The molecule has 0 bridgehead atoms. The van der Waals surface area contributed by atoms with E-state index in [9.17, 15) is 9.59 Å². The van der Waals surface area contributed by atoms with Crippen molar-refractivity contribution < 1.29 is 9.59 Å². The highest BCUT2D eigenvalue weighted by Crippen LogP contribution is 2.14. The maximum atomic E-state index is 11.9. The average molecular weight is 389 g/mol. The number of hydrogen-bond donors (Lipinski definition) is 2. The molecule has 158 valence electrons. The molecule has 2 N–H and O–H groups in total. The Labute approximate surface area is 171 Å². The lowest BCUT2D eigenvalue weighted by molar-refractivity contribution is -0.139. The van der Waals surface area contributed by atoms with Crippen molar-refractivity contribution in [3.63, 3.8) is 0 Å². The van der Waals surface area contributed by atoms with Crippen molar-refractivity contribution in [3.05, 3.63) is 35.4 Å². The van der Waals surface area contributed by atoms with Crippen LogP contribution in [0.3, 0.4) is 0 Å². The number of unbranched alkanes of at least 4 members (excludes halogenated alkanes) is 9. The van der Waals surface area contributed by atoms with Crippen molar-refractivity contribution in [3.8, 4) is 0 Å². The molecule has 2 amide bonds. The molecule has 0 aromatic heterocycles. The molecular weight excluding hydrogens is 348 g/mol. The predicted octanol–water partition coefficient (Wildman–Crippen LogP) is 5.46. The first-order chi connectivity index (χ1) is 13.5. The number of hydrogen-bond acceptors (Lipinski definition) is 2. The molecule has 0 aliphatic carbocycles. The number of carbonyl (C=O) groups is 2. The molecular formula is C24H40N2O2. The van der Waals surface area contributed by atoms with Crippen LogP contribution in [-0.2, 0) is 16.1 Å². The van der Waals surface area contributed by atoms with Gasteiger partial charge in [0.15, 0.2) is 0 Å². The van der Waals surface area contributed by atoms with Crippen LogP contribution in [0.2, 0.25) is 0 Å². The fourth-order valence-electron chi connectivity index (χ4n) is 3.18. The minimum Gasteiger partial charge on any atom is -0.348 e. The lowest BCUT2D eigenvalue weighted by atomic mass is 10.0. The molecule has 0 fully saturated rings. The maximum Gasteiger partial charge on any atom is 0.309 e. The van der Waals surface area contributed by atoms with Gasteiger partial charge in [0, 0.05) is 13.1 Å². The van der Waals surface area contributed by atoms with Gasteiger partial charge in [-0.3, -0.25) is 9.59 Å². The second-order valence-electron chi connectivity index (χ2n) is 8.02. The molecule has 1 aromatic rings. The molecule has 0 heterocycles. The van der Waals surface area contributed by atoms with Crippen molar-refractivity contribution in [2.75, 3.05) is 6.54 Å². The average Bonchev–Trinajstić information content (AvgIpc) is 2.70. The molecule has 4 heteroatoms. The predicted molar refractivity (Wildman–Crippen MR) is 117 cm³/mol. The van der Waals surface area contributed by atoms with Crippen LogP contribution in [0.5, 0.6) is 0 Å². The van der Waals surface area contributed by atoms with Crippen LogP contribution >= 0.6 is 0 Å². The number of rotatable bonds is 14. The Kier molecular flexibility index (Phi) is 13.1. The zero-order valence-electron chi connectivity index (χ0n) is 18.2. The lowest BCUT2D eigenvalue weighted by Gasteiger charge is -2.09. The standard InChI is InChI=1S/C24H40N2O2/c1-4-5-6-7-8-9-10-11-12-13-18-25-23(27)24(28)26-19-21-14-16-22(17-15-21)20(2)3/h14-17,20H,4-13,18-19H2,1-3H3,(H,25,27)(H,26,28). The van der Waals surface area contributed by atoms with Crippen molar-refractivity contribution in [1.29, 1.82) is 0 Å². The Hall–Kier alpha value is -1.84. The second-order valence-corrected chi connectivity index (χ2v) is 8.02. The third kappa shape index (κ3) is 11.1. The molecule has 1 rings (SSSR count). The van der Waals surface area contributed by atoms with Crippen LogP contribution in [0.4, 0.5) is 0 Å². The summed E-state index contributed by atoms with van der Waals surface area (Å²) in [5.74, 6) is -0.602. The van der Waals surface area contributed by atoms with Crippen LogP contribution < -0.4 is 10.6 Å². The summed E-state index contributed by atoms with van der Waals surface area (Å²) >= 11 is 0. The quantitative estimate of drug-likeness (QED) is 0.328. The zero-order chi connectivity index (χ0) is 20.6. The summed E-state index contributed by atoms with van der Waals surface area (Å²) in [6.45, 7) is 7.49. The van der Waals surface area contributed by atoms with Crippen LogP contribution in [0.15, 0.2) is 24.3 Å². The minimum atomic E-state index is -0.556. The van der Waals surface area contributed by atoms with E-state index in [1.807, 2.05) is 12.1 Å². The monoisotopic (exact) mass is 388 g/mol. The highest BCUT2D eigenvalue weighted by atomic mass is 16.2. The maximum absolute atomic E-state index is 11.9. The van der Waals surface area contributed by atoms with Gasteiger partial charge in [0.1, 0.15) is 0 Å². The SMILES string of the molecule is CCCCCCCCCCCCNC(=O)C(=O)NCc1ccc(C(C)C)cc1. The Morgan fingerprint density at radius 2 is 1.25 bits per heavy atom. The molecule has 0 aliphatic rings. The summed E-state index contributed by atoms with van der Waals surface area (Å²) in [7, 11) is 0. The van der Waals surface area contributed by atoms with E-state index in [1.54, 1.807) is 0 Å². The van der Waals surface area contributed by atoms with E-state index in [-0.39, 0.29) is 0 Å². The van der Waals surface area contributed by atoms with E-state index >= 15 is 0 Å². The largest absolute Gasteiger partial charge is 0.348 e. The van der Waals surface area contributed by atoms with Gasteiger partial charge < -0.3 is 10.6 Å². The molecule has 1 aromatic carbocycles. The molecule has 0 aliphatic heterocycles. The molecule has 0 radical (unpaired) electrons.